The molecule has 1 aliphatic heterocycles. The number of aliphatic hydroxyl groups is 1. The number of H-pyrrole nitrogens is 1. The van der Waals surface area contributed by atoms with Gasteiger partial charge in [-0.3, -0.25) is 9.59 Å². The number of piperidine rings is 1. The van der Waals surface area contributed by atoms with Gasteiger partial charge in [-0.25, -0.2) is 9.37 Å². The summed E-state index contributed by atoms with van der Waals surface area (Å²) in [6.45, 7) is 0.0238. The van der Waals surface area contributed by atoms with Crippen LogP contribution in [0.15, 0.2) is 60.9 Å². The minimum Gasteiger partial charge on any atom is -0.481 e. The van der Waals surface area contributed by atoms with Crippen molar-refractivity contribution in [2.75, 3.05) is 13.1 Å². The Morgan fingerprint density at radius 2 is 2.03 bits per heavy atom. The summed E-state index contributed by atoms with van der Waals surface area (Å²) in [4.78, 5) is 34.4. The topological polar surface area (TPSA) is 107 Å². The molecule has 0 saturated carbocycles. The molecule has 1 amide bonds. The van der Waals surface area contributed by atoms with Crippen LogP contribution in [0.5, 0.6) is 0 Å². The summed E-state index contributed by atoms with van der Waals surface area (Å²) < 4.78 is 13.7. The fourth-order valence-corrected chi connectivity index (χ4v) is 4.18. The number of carbonyl (C=O) groups is 2. The number of carboxylic acids is 1. The minimum atomic E-state index is -1.64. The Bertz CT molecular complexity index is 1100. The number of nitrogens with one attached hydrogen (secondary N) is 1. The Morgan fingerprint density at radius 1 is 1.23 bits per heavy atom. The van der Waals surface area contributed by atoms with E-state index in [1.54, 1.807) is 42.7 Å². The predicted molar refractivity (Wildman–Crippen MR) is 111 cm³/mol. The number of aromatic amines is 1. The van der Waals surface area contributed by atoms with Gasteiger partial charge in [0.05, 0.1) is 11.7 Å². The molecule has 7 nitrogen and oxygen atoms in total. The van der Waals surface area contributed by atoms with E-state index in [2.05, 4.69) is 9.97 Å². The van der Waals surface area contributed by atoms with E-state index in [0.717, 1.165) is 0 Å². The summed E-state index contributed by atoms with van der Waals surface area (Å²) in [5.74, 6) is -1.52. The van der Waals surface area contributed by atoms with Crippen LogP contribution >= 0.6 is 0 Å². The molecule has 2 heterocycles. The number of aromatic nitrogens is 2. The summed E-state index contributed by atoms with van der Waals surface area (Å²) >= 11 is 0. The van der Waals surface area contributed by atoms with Crippen molar-refractivity contribution in [3.05, 3.63) is 77.9 Å². The lowest BCUT2D eigenvalue weighted by Crippen LogP contribution is -2.58. The van der Waals surface area contributed by atoms with Gasteiger partial charge in [-0.2, -0.15) is 0 Å². The quantitative estimate of drug-likeness (QED) is 0.585. The van der Waals surface area contributed by atoms with Gasteiger partial charge in [0.1, 0.15) is 17.1 Å². The van der Waals surface area contributed by atoms with Crippen molar-refractivity contribution >= 4 is 11.9 Å². The average molecular weight is 423 g/mol. The highest BCUT2D eigenvalue weighted by Crippen LogP contribution is 2.36. The first-order chi connectivity index (χ1) is 14.9. The van der Waals surface area contributed by atoms with E-state index in [0.29, 0.717) is 22.5 Å². The Balaban J connectivity index is 1.67. The van der Waals surface area contributed by atoms with E-state index in [-0.39, 0.29) is 31.8 Å². The van der Waals surface area contributed by atoms with E-state index >= 15 is 0 Å². The number of likely N-dealkylation sites (tertiary alicyclic amines) is 1. The lowest BCUT2D eigenvalue weighted by Gasteiger charge is -2.43. The van der Waals surface area contributed by atoms with Gasteiger partial charge in [0, 0.05) is 31.0 Å². The highest BCUT2D eigenvalue weighted by molar-refractivity contribution is 6.00. The number of rotatable bonds is 5. The van der Waals surface area contributed by atoms with Crippen LogP contribution in [0.2, 0.25) is 0 Å². The molecule has 1 fully saturated rings. The van der Waals surface area contributed by atoms with Crippen molar-refractivity contribution < 1.29 is 24.2 Å². The molecule has 3 N–H and O–H groups in total. The monoisotopic (exact) mass is 423 g/mol. The fourth-order valence-electron chi connectivity index (χ4n) is 4.18. The van der Waals surface area contributed by atoms with Crippen molar-refractivity contribution in [1.29, 1.82) is 0 Å². The minimum absolute atomic E-state index is 0.0924. The van der Waals surface area contributed by atoms with Gasteiger partial charge in [0.2, 0.25) is 0 Å². The zero-order chi connectivity index (χ0) is 22.0. The molecule has 1 saturated heterocycles. The van der Waals surface area contributed by atoms with E-state index in [1.165, 1.54) is 23.1 Å². The summed E-state index contributed by atoms with van der Waals surface area (Å²) in [7, 11) is 0. The van der Waals surface area contributed by atoms with Crippen LogP contribution in [0.4, 0.5) is 4.39 Å². The second-order valence-electron chi connectivity index (χ2n) is 7.78. The first kappa shape index (κ1) is 20.7. The number of amides is 1. The molecule has 160 valence electrons. The molecule has 2 aromatic carbocycles. The maximum absolute atomic E-state index is 13.7. The third-order valence-corrected chi connectivity index (χ3v) is 5.82. The Kier molecular flexibility index (Phi) is 5.56. The van der Waals surface area contributed by atoms with Crippen molar-refractivity contribution in [3.8, 4) is 11.4 Å². The molecule has 1 aliphatic rings. The summed E-state index contributed by atoms with van der Waals surface area (Å²) in [5.41, 5.74) is -0.193. The fraction of sp³-hybridized carbons (Fsp3) is 0.261. The molecule has 3 aromatic rings. The Morgan fingerprint density at radius 3 is 2.74 bits per heavy atom. The first-order valence-corrected chi connectivity index (χ1v) is 9.95. The second kappa shape index (κ2) is 8.31. The number of carboxylic acid groups (broad SMARTS) is 1. The van der Waals surface area contributed by atoms with Crippen LogP contribution in [-0.2, 0) is 11.2 Å². The molecular weight excluding hydrogens is 401 g/mol. The van der Waals surface area contributed by atoms with E-state index in [9.17, 15) is 24.2 Å². The molecule has 0 spiro atoms. The molecule has 1 aromatic heterocycles. The number of hydrogen-bond acceptors (Lipinski definition) is 4. The van der Waals surface area contributed by atoms with Crippen LogP contribution in [0, 0.1) is 11.2 Å². The first-order valence-electron chi connectivity index (χ1n) is 9.95. The standard InChI is InChI=1S/C23H22FN3O4/c24-16-5-3-4-15(12-16)13-23(22(30)31)14-27(11-8-19(23)28)21(29)18-7-2-1-6-17(18)20-25-9-10-26-20/h1-7,9-10,12,19,28H,8,11,13-14H2,(H,25,26)(H,30,31)/t19-,23+/m0/s1. The van der Waals surface area contributed by atoms with E-state index in [4.69, 9.17) is 0 Å². The highest BCUT2D eigenvalue weighted by atomic mass is 19.1. The van der Waals surface area contributed by atoms with Crippen LogP contribution in [0.1, 0.15) is 22.3 Å². The van der Waals surface area contributed by atoms with Gasteiger partial charge in [-0.1, -0.05) is 30.3 Å². The smallest absolute Gasteiger partial charge is 0.314 e. The number of aliphatic hydroxyl groups excluding tert-OH is 1. The van der Waals surface area contributed by atoms with Crippen LogP contribution in [0.25, 0.3) is 11.4 Å². The molecule has 0 unspecified atom stereocenters. The number of aliphatic carboxylic acids is 1. The Hall–Kier alpha value is -3.52. The predicted octanol–water partition coefficient (Wildman–Crippen LogP) is 2.74. The van der Waals surface area contributed by atoms with Crippen LogP contribution < -0.4 is 0 Å². The number of hydrogen-bond donors (Lipinski definition) is 3. The molecule has 2 atom stereocenters. The van der Waals surface area contributed by atoms with Crippen LogP contribution in [0.3, 0.4) is 0 Å². The van der Waals surface area contributed by atoms with Crippen molar-refractivity contribution in [2.24, 2.45) is 5.41 Å². The third kappa shape index (κ3) is 3.94. The van der Waals surface area contributed by atoms with E-state index in [1.807, 2.05) is 0 Å². The molecule has 0 bridgehead atoms. The average Bonchev–Trinajstić information content (AvgIpc) is 3.29. The van der Waals surface area contributed by atoms with Gasteiger partial charge in [0.15, 0.2) is 0 Å². The SMILES string of the molecule is O=C(c1ccccc1-c1ncc[nH]1)N1CC[C@H](O)[C@](Cc2cccc(F)c2)(C(=O)O)C1. The highest BCUT2D eigenvalue weighted by Gasteiger charge is 2.50. The number of benzene rings is 2. The maximum atomic E-state index is 13.7. The summed E-state index contributed by atoms with van der Waals surface area (Å²) in [6.07, 6.45) is 2.09. The number of carbonyl (C=O) groups excluding carboxylic acids is 1. The van der Waals surface area contributed by atoms with Gasteiger partial charge < -0.3 is 20.1 Å². The van der Waals surface area contributed by atoms with Gasteiger partial charge >= 0.3 is 5.97 Å². The van der Waals surface area contributed by atoms with Crippen molar-refractivity contribution in [3.63, 3.8) is 0 Å². The normalized spacial score (nSPS) is 21.1. The second-order valence-corrected chi connectivity index (χ2v) is 7.78. The van der Waals surface area contributed by atoms with Gasteiger partial charge in [-0.15, -0.1) is 0 Å². The molecule has 8 heteroatoms. The number of halogens is 1. The number of imidazole rings is 1. The largest absolute Gasteiger partial charge is 0.481 e. The molecule has 0 radical (unpaired) electrons. The van der Waals surface area contributed by atoms with Crippen molar-refractivity contribution in [2.45, 2.75) is 18.9 Å². The maximum Gasteiger partial charge on any atom is 0.314 e. The van der Waals surface area contributed by atoms with Gasteiger partial charge in [-0.05, 0) is 36.6 Å². The lowest BCUT2D eigenvalue weighted by atomic mass is 9.72. The Labute approximate surface area is 178 Å². The third-order valence-electron chi connectivity index (χ3n) is 5.82. The summed E-state index contributed by atoms with van der Waals surface area (Å²) in [6, 6.07) is 12.6. The molecule has 4 rings (SSSR count). The number of nitrogens with zero attached hydrogens (tertiary/aromatic N) is 2. The zero-order valence-corrected chi connectivity index (χ0v) is 16.7. The molecular formula is C23H22FN3O4. The molecule has 0 aliphatic carbocycles. The van der Waals surface area contributed by atoms with Crippen LogP contribution in [-0.4, -0.2) is 56.2 Å². The zero-order valence-electron chi connectivity index (χ0n) is 16.7. The molecule has 31 heavy (non-hydrogen) atoms. The van der Waals surface area contributed by atoms with E-state index < -0.39 is 23.3 Å². The lowest BCUT2D eigenvalue weighted by molar-refractivity contribution is -0.161. The van der Waals surface area contributed by atoms with Crippen molar-refractivity contribution in [1.82, 2.24) is 14.9 Å². The summed E-state index contributed by atoms with van der Waals surface area (Å²) in [5, 5.41) is 20.7. The van der Waals surface area contributed by atoms with Gasteiger partial charge in [0.25, 0.3) is 5.91 Å².